The number of nitrogens with one attached hydrogen (secondary N) is 1. The third kappa shape index (κ3) is 6.38. The van der Waals surface area contributed by atoms with E-state index in [4.69, 9.17) is 44.1 Å². The van der Waals surface area contributed by atoms with E-state index in [0.29, 0.717) is 57.8 Å². The molecule has 4 rings (SSSR count). The highest BCUT2D eigenvalue weighted by Gasteiger charge is 2.26. The standard InChI is InChI=1S/C23H23Cl3N4O3/c24-16-5-6-17(19(26)13-16)22-28-21(33-29-22)14-30-10-7-15(8-11-30)23(31)27-9-12-32-20-4-2-1-3-18(20)25/h1-6,13,15H,7-12,14H2,(H,27,31). The second-order valence-corrected chi connectivity index (χ2v) is 9.01. The summed E-state index contributed by atoms with van der Waals surface area (Å²) < 4.78 is 11.0. The van der Waals surface area contributed by atoms with Crippen molar-refractivity contribution in [2.24, 2.45) is 5.92 Å². The lowest BCUT2D eigenvalue weighted by Gasteiger charge is -2.30. The minimum Gasteiger partial charge on any atom is -0.490 e. The summed E-state index contributed by atoms with van der Waals surface area (Å²) in [6.07, 6.45) is 1.53. The fourth-order valence-electron chi connectivity index (χ4n) is 3.69. The second-order valence-electron chi connectivity index (χ2n) is 7.76. The second kappa shape index (κ2) is 11.2. The van der Waals surface area contributed by atoms with E-state index < -0.39 is 0 Å². The van der Waals surface area contributed by atoms with Gasteiger partial charge in [-0.3, -0.25) is 9.69 Å². The van der Waals surface area contributed by atoms with Gasteiger partial charge in [0.2, 0.25) is 17.6 Å². The molecule has 1 amide bonds. The minimum absolute atomic E-state index is 0.0207. The molecule has 33 heavy (non-hydrogen) atoms. The minimum atomic E-state index is -0.0207. The largest absolute Gasteiger partial charge is 0.490 e. The third-order valence-electron chi connectivity index (χ3n) is 5.45. The Bertz CT molecular complexity index is 1100. The van der Waals surface area contributed by atoms with Gasteiger partial charge in [-0.25, -0.2) is 0 Å². The Balaban J connectivity index is 1.19. The van der Waals surface area contributed by atoms with Crippen LogP contribution in [0.4, 0.5) is 0 Å². The van der Waals surface area contributed by atoms with Crippen LogP contribution in [-0.4, -0.2) is 47.2 Å². The van der Waals surface area contributed by atoms with Crippen molar-refractivity contribution >= 4 is 40.7 Å². The van der Waals surface area contributed by atoms with Gasteiger partial charge in [0, 0.05) is 16.5 Å². The van der Waals surface area contributed by atoms with Crippen LogP contribution in [0, 0.1) is 5.92 Å². The fourth-order valence-corrected chi connectivity index (χ4v) is 4.37. The van der Waals surface area contributed by atoms with Gasteiger partial charge in [0.25, 0.3) is 0 Å². The maximum absolute atomic E-state index is 12.5. The summed E-state index contributed by atoms with van der Waals surface area (Å²) >= 11 is 18.2. The molecule has 3 aromatic rings. The molecule has 0 spiro atoms. The van der Waals surface area contributed by atoms with E-state index >= 15 is 0 Å². The molecule has 2 aromatic carbocycles. The number of hydrogen-bond acceptors (Lipinski definition) is 6. The van der Waals surface area contributed by atoms with Gasteiger partial charge in [-0.2, -0.15) is 4.98 Å². The molecule has 7 nitrogen and oxygen atoms in total. The van der Waals surface area contributed by atoms with Crippen LogP contribution >= 0.6 is 34.8 Å². The number of halogens is 3. The summed E-state index contributed by atoms with van der Waals surface area (Å²) in [6, 6.07) is 12.4. The predicted molar refractivity (Wildman–Crippen MR) is 128 cm³/mol. The molecule has 0 atom stereocenters. The zero-order chi connectivity index (χ0) is 23.2. The van der Waals surface area contributed by atoms with Crippen LogP contribution in [0.25, 0.3) is 11.4 Å². The molecule has 0 unspecified atom stereocenters. The van der Waals surface area contributed by atoms with Gasteiger partial charge in [-0.05, 0) is 56.3 Å². The Hall–Kier alpha value is -2.32. The lowest BCUT2D eigenvalue weighted by atomic mass is 9.96. The monoisotopic (exact) mass is 508 g/mol. The molecule has 2 heterocycles. The lowest BCUT2D eigenvalue weighted by Crippen LogP contribution is -2.41. The number of amides is 1. The van der Waals surface area contributed by atoms with Gasteiger partial charge in [0.1, 0.15) is 12.4 Å². The summed E-state index contributed by atoms with van der Waals surface area (Å²) in [5, 5.41) is 8.56. The summed E-state index contributed by atoms with van der Waals surface area (Å²) in [4.78, 5) is 19.1. The zero-order valence-corrected chi connectivity index (χ0v) is 20.0. The van der Waals surface area contributed by atoms with Gasteiger partial charge in [0.05, 0.1) is 23.1 Å². The van der Waals surface area contributed by atoms with Crippen LogP contribution < -0.4 is 10.1 Å². The fraction of sp³-hybridized carbons (Fsp3) is 0.348. The smallest absolute Gasteiger partial charge is 0.241 e. The quantitative estimate of drug-likeness (QED) is 0.425. The van der Waals surface area contributed by atoms with Gasteiger partial charge >= 0.3 is 0 Å². The number of likely N-dealkylation sites (tertiary alicyclic amines) is 1. The number of rotatable bonds is 8. The molecule has 1 fully saturated rings. The van der Waals surface area contributed by atoms with Crippen LogP contribution in [-0.2, 0) is 11.3 Å². The SMILES string of the molecule is O=C(NCCOc1ccccc1Cl)C1CCN(Cc2nc(-c3ccc(Cl)cc3Cl)no2)CC1. The molecule has 0 saturated carbocycles. The normalized spacial score (nSPS) is 14.9. The van der Waals surface area contributed by atoms with Crippen molar-refractivity contribution in [2.75, 3.05) is 26.2 Å². The van der Waals surface area contributed by atoms with E-state index in [1.54, 1.807) is 30.3 Å². The van der Waals surface area contributed by atoms with Crippen LogP contribution in [0.5, 0.6) is 5.75 Å². The summed E-state index contributed by atoms with van der Waals surface area (Å²) in [5.74, 6) is 1.59. The highest BCUT2D eigenvalue weighted by molar-refractivity contribution is 6.36. The Kier molecular flexibility index (Phi) is 8.09. The van der Waals surface area contributed by atoms with E-state index in [2.05, 4.69) is 20.4 Å². The first kappa shape index (κ1) is 23.8. The van der Waals surface area contributed by atoms with Crippen molar-refractivity contribution in [2.45, 2.75) is 19.4 Å². The van der Waals surface area contributed by atoms with Gasteiger partial charge < -0.3 is 14.6 Å². The van der Waals surface area contributed by atoms with Crippen LogP contribution in [0.1, 0.15) is 18.7 Å². The highest BCUT2D eigenvalue weighted by Crippen LogP contribution is 2.29. The number of benzene rings is 2. The lowest BCUT2D eigenvalue weighted by molar-refractivity contribution is -0.126. The molecule has 1 aliphatic rings. The van der Waals surface area contributed by atoms with E-state index in [1.165, 1.54) is 0 Å². The van der Waals surface area contributed by atoms with Crippen LogP contribution in [0.3, 0.4) is 0 Å². The first-order chi connectivity index (χ1) is 16.0. The topological polar surface area (TPSA) is 80.5 Å². The van der Waals surface area contributed by atoms with E-state index in [-0.39, 0.29) is 11.8 Å². The molecule has 0 aliphatic carbocycles. The van der Waals surface area contributed by atoms with Gasteiger partial charge in [-0.1, -0.05) is 52.1 Å². The maximum Gasteiger partial charge on any atom is 0.241 e. The molecule has 1 aromatic heterocycles. The molecule has 0 radical (unpaired) electrons. The molecule has 10 heteroatoms. The van der Waals surface area contributed by atoms with Crippen molar-refractivity contribution < 1.29 is 14.1 Å². The molecular formula is C23H23Cl3N4O3. The average Bonchev–Trinajstić information content (AvgIpc) is 3.26. The number of piperidine rings is 1. The van der Waals surface area contributed by atoms with Crippen molar-refractivity contribution in [3.05, 3.63) is 63.4 Å². The summed E-state index contributed by atoms with van der Waals surface area (Å²) in [6.45, 7) is 2.87. The Labute approximate surface area is 207 Å². The third-order valence-corrected chi connectivity index (χ3v) is 6.31. The van der Waals surface area contributed by atoms with Gasteiger partial charge in [-0.15, -0.1) is 0 Å². The predicted octanol–water partition coefficient (Wildman–Crippen LogP) is 5.10. The number of carbonyl (C=O) groups is 1. The first-order valence-electron chi connectivity index (χ1n) is 10.6. The number of carbonyl (C=O) groups excluding carboxylic acids is 1. The first-order valence-corrected chi connectivity index (χ1v) is 11.8. The molecule has 1 saturated heterocycles. The van der Waals surface area contributed by atoms with E-state index in [9.17, 15) is 4.79 Å². The van der Waals surface area contributed by atoms with Crippen LogP contribution in [0.15, 0.2) is 47.0 Å². The van der Waals surface area contributed by atoms with E-state index in [1.807, 2.05) is 12.1 Å². The van der Waals surface area contributed by atoms with Crippen LogP contribution in [0.2, 0.25) is 15.1 Å². The molecule has 1 N–H and O–H groups in total. The number of ether oxygens (including phenoxy) is 1. The zero-order valence-electron chi connectivity index (χ0n) is 17.8. The molecule has 174 valence electrons. The highest BCUT2D eigenvalue weighted by atomic mass is 35.5. The average molecular weight is 510 g/mol. The number of para-hydroxylation sites is 1. The number of hydrogen-bond donors (Lipinski definition) is 1. The van der Waals surface area contributed by atoms with E-state index in [0.717, 1.165) is 25.9 Å². The Morgan fingerprint density at radius 3 is 2.67 bits per heavy atom. The summed E-state index contributed by atoms with van der Waals surface area (Å²) in [7, 11) is 0. The van der Waals surface area contributed by atoms with Crippen molar-refractivity contribution in [1.29, 1.82) is 0 Å². The molecule has 1 aliphatic heterocycles. The Morgan fingerprint density at radius 2 is 1.91 bits per heavy atom. The Morgan fingerprint density at radius 1 is 1.12 bits per heavy atom. The number of aromatic nitrogens is 2. The number of nitrogens with zero attached hydrogens (tertiary/aromatic N) is 3. The van der Waals surface area contributed by atoms with Crippen molar-refractivity contribution in [3.63, 3.8) is 0 Å². The van der Waals surface area contributed by atoms with Crippen molar-refractivity contribution in [1.82, 2.24) is 20.4 Å². The molecule has 0 bridgehead atoms. The summed E-state index contributed by atoms with van der Waals surface area (Å²) in [5.41, 5.74) is 0.671. The molecular weight excluding hydrogens is 487 g/mol. The van der Waals surface area contributed by atoms with Gasteiger partial charge in [0.15, 0.2) is 0 Å². The van der Waals surface area contributed by atoms with Crippen molar-refractivity contribution in [3.8, 4) is 17.1 Å². The maximum atomic E-state index is 12.5.